The fourth-order valence-electron chi connectivity index (χ4n) is 5.01. The van der Waals surface area contributed by atoms with Crippen molar-refractivity contribution >= 4 is 21.6 Å². The smallest absolute Gasteiger partial charge is 0.322 e. The van der Waals surface area contributed by atoms with Crippen molar-refractivity contribution in [1.82, 2.24) is 10.2 Å². The number of anilines is 1. The SMILES string of the molecule is CN(C)[C@]1(c2ccccc2)CC[C@@]2(CC1)CN(c1ccc(S(C)(=O)=O)cc1F)C(=O)N2. The van der Waals surface area contributed by atoms with Crippen molar-refractivity contribution in [3.05, 3.63) is 59.9 Å². The Hall–Kier alpha value is -2.45. The van der Waals surface area contributed by atoms with Gasteiger partial charge in [-0.1, -0.05) is 30.3 Å². The Morgan fingerprint density at radius 1 is 1.03 bits per heavy atom. The van der Waals surface area contributed by atoms with Crippen molar-refractivity contribution in [2.75, 3.05) is 31.8 Å². The quantitative estimate of drug-likeness (QED) is 0.782. The first-order valence-corrected chi connectivity index (χ1v) is 12.3. The number of carbonyl (C=O) groups is 1. The lowest BCUT2D eigenvalue weighted by molar-refractivity contribution is 0.0657. The molecule has 1 aliphatic heterocycles. The Labute approximate surface area is 183 Å². The summed E-state index contributed by atoms with van der Waals surface area (Å²) in [6.07, 6.45) is 4.31. The minimum Gasteiger partial charge on any atom is -0.330 e. The zero-order valence-corrected chi connectivity index (χ0v) is 18.9. The van der Waals surface area contributed by atoms with Crippen LogP contribution in [-0.2, 0) is 15.4 Å². The van der Waals surface area contributed by atoms with Crippen LogP contribution in [0.4, 0.5) is 14.9 Å². The van der Waals surface area contributed by atoms with Gasteiger partial charge in [0.2, 0.25) is 0 Å². The van der Waals surface area contributed by atoms with Crippen LogP contribution in [0.25, 0.3) is 0 Å². The number of nitrogens with one attached hydrogen (secondary N) is 1. The van der Waals surface area contributed by atoms with E-state index in [1.54, 1.807) is 0 Å². The van der Waals surface area contributed by atoms with Gasteiger partial charge >= 0.3 is 6.03 Å². The van der Waals surface area contributed by atoms with Crippen LogP contribution < -0.4 is 10.2 Å². The summed E-state index contributed by atoms with van der Waals surface area (Å²) in [4.78, 5) is 16.3. The van der Waals surface area contributed by atoms with E-state index in [0.717, 1.165) is 38.0 Å². The maximum atomic E-state index is 14.7. The van der Waals surface area contributed by atoms with Crippen LogP contribution in [0.5, 0.6) is 0 Å². The lowest BCUT2D eigenvalue weighted by atomic mass is 9.69. The Kier molecular flexibility index (Phi) is 5.34. The number of hydrogen-bond acceptors (Lipinski definition) is 4. The van der Waals surface area contributed by atoms with Gasteiger partial charge in [-0.25, -0.2) is 17.6 Å². The first-order valence-electron chi connectivity index (χ1n) is 10.4. The number of sulfone groups is 1. The largest absolute Gasteiger partial charge is 0.330 e. The number of nitrogens with zero attached hydrogens (tertiary/aromatic N) is 2. The molecule has 1 saturated heterocycles. The van der Waals surface area contributed by atoms with Crippen LogP contribution in [0, 0.1) is 5.82 Å². The molecule has 1 heterocycles. The maximum Gasteiger partial charge on any atom is 0.322 e. The molecule has 0 unspecified atom stereocenters. The summed E-state index contributed by atoms with van der Waals surface area (Å²) in [7, 11) is 0.656. The van der Waals surface area contributed by atoms with E-state index in [1.165, 1.54) is 22.6 Å². The van der Waals surface area contributed by atoms with Crippen molar-refractivity contribution in [1.29, 1.82) is 0 Å². The maximum absolute atomic E-state index is 14.7. The average molecular weight is 446 g/mol. The van der Waals surface area contributed by atoms with Gasteiger partial charge in [-0.3, -0.25) is 9.80 Å². The molecule has 2 aromatic rings. The summed E-state index contributed by atoms with van der Waals surface area (Å²) in [5, 5.41) is 3.10. The molecular weight excluding hydrogens is 417 g/mol. The minimum absolute atomic E-state index is 0.0978. The first kappa shape index (κ1) is 21.8. The van der Waals surface area contributed by atoms with Gasteiger partial charge in [-0.2, -0.15) is 0 Å². The molecule has 2 aromatic carbocycles. The van der Waals surface area contributed by atoms with Crippen LogP contribution >= 0.6 is 0 Å². The van der Waals surface area contributed by atoms with Crippen LogP contribution in [0.2, 0.25) is 0 Å². The molecule has 4 rings (SSSR count). The molecule has 2 fully saturated rings. The van der Waals surface area contributed by atoms with E-state index in [1.807, 2.05) is 18.2 Å². The summed E-state index contributed by atoms with van der Waals surface area (Å²) >= 11 is 0. The Morgan fingerprint density at radius 2 is 1.68 bits per heavy atom. The third kappa shape index (κ3) is 3.83. The highest BCUT2D eigenvalue weighted by Crippen LogP contribution is 2.46. The second-order valence-electron chi connectivity index (χ2n) is 8.97. The molecule has 6 nitrogen and oxygen atoms in total. The second kappa shape index (κ2) is 7.60. The second-order valence-corrected chi connectivity index (χ2v) is 11.0. The molecule has 0 atom stereocenters. The molecule has 1 aliphatic carbocycles. The molecule has 0 radical (unpaired) electrons. The van der Waals surface area contributed by atoms with Crippen LogP contribution in [0.3, 0.4) is 0 Å². The molecule has 0 aromatic heterocycles. The van der Waals surface area contributed by atoms with Gasteiger partial charge in [0.05, 0.1) is 22.7 Å². The van der Waals surface area contributed by atoms with Crippen molar-refractivity contribution in [2.24, 2.45) is 0 Å². The van der Waals surface area contributed by atoms with Gasteiger partial charge in [0.25, 0.3) is 0 Å². The first-order chi connectivity index (χ1) is 14.6. The van der Waals surface area contributed by atoms with E-state index in [0.29, 0.717) is 6.54 Å². The highest BCUT2D eigenvalue weighted by Gasteiger charge is 2.50. The monoisotopic (exact) mass is 445 g/mol. The normalized spacial score (nSPS) is 26.5. The highest BCUT2D eigenvalue weighted by molar-refractivity contribution is 7.90. The lowest BCUT2D eigenvalue weighted by Gasteiger charge is -2.48. The molecule has 1 N–H and O–H groups in total. The number of urea groups is 1. The zero-order chi connectivity index (χ0) is 22.4. The van der Waals surface area contributed by atoms with Crippen LogP contribution in [-0.4, -0.2) is 51.8 Å². The van der Waals surface area contributed by atoms with Gasteiger partial charge < -0.3 is 5.32 Å². The Balaban J connectivity index is 1.57. The van der Waals surface area contributed by atoms with E-state index in [9.17, 15) is 17.6 Å². The summed E-state index contributed by atoms with van der Waals surface area (Å²) in [6, 6.07) is 13.8. The van der Waals surface area contributed by atoms with Crippen LogP contribution in [0.15, 0.2) is 53.4 Å². The molecule has 2 amide bonds. The standard InChI is InChI=1S/C23H28FN3O3S/c1-26(2)23(17-7-5-4-6-8-17)13-11-22(12-14-23)16-27(21(28)25-22)20-10-9-18(15-19(20)24)31(3,29)30/h4-10,15H,11-14,16H2,1-3H3,(H,25,28)/t22-,23-. The molecular formula is C23H28FN3O3S. The molecule has 8 heteroatoms. The summed E-state index contributed by atoms with van der Waals surface area (Å²) in [6.45, 7) is 0.360. The molecule has 31 heavy (non-hydrogen) atoms. The molecule has 0 bridgehead atoms. The molecule has 2 aliphatic rings. The predicted octanol–water partition coefficient (Wildman–Crippen LogP) is 3.53. The topological polar surface area (TPSA) is 69.7 Å². The summed E-state index contributed by atoms with van der Waals surface area (Å²) in [5.74, 6) is -0.710. The predicted molar refractivity (Wildman–Crippen MR) is 118 cm³/mol. The van der Waals surface area contributed by atoms with E-state index in [-0.39, 0.29) is 22.2 Å². The van der Waals surface area contributed by atoms with Crippen molar-refractivity contribution in [3.63, 3.8) is 0 Å². The third-order valence-corrected chi connectivity index (χ3v) is 8.03. The van der Waals surface area contributed by atoms with Crippen LogP contribution in [0.1, 0.15) is 31.2 Å². The van der Waals surface area contributed by atoms with E-state index >= 15 is 0 Å². The van der Waals surface area contributed by atoms with Crippen molar-refractivity contribution < 1.29 is 17.6 Å². The van der Waals surface area contributed by atoms with E-state index in [2.05, 4.69) is 36.4 Å². The van der Waals surface area contributed by atoms with Gasteiger partial charge in [0, 0.05) is 11.8 Å². The number of hydrogen-bond donors (Lipinski definition) is 1. The fraction of sp³-hybridized carbons (Fsp3) is 0.435. The molecule has 1 spiro atoms. The third-order valence-electron chi connectivity index (χ3n) is 6.92. The van der Waals surface area contributed by atoms with Crippen molar-refractivity contribution in [3.8, 4) is 0 Å². The van der Waals surface area contributed by atoms with Gasteiger partial charge in [-0.15, -0.1) is 0 Å². The highest BCUT2D eigenvalue weighted by atomic mass is 32.2. The van der Waals surface area contributed by atoms with E-state index in [4.69, 9.17) is 0 Å². The summed E-state index contributed by atoms with van der Waals surface area (Å²) in [5.41, 5.74) is 0.841. The average Bonchev–Trinajstić information content (AvgIpc) is 3.04. The van der Waals surface area contributed by atoms with Gasteiger partial charge in [-0.05, 0) is 63.5 Å². The van der Waals surface area contributed by atoms with Gasteiger partial charge in [0.15, 0.2) is 9.84 Å². The molecule has 166 valence electrons. The Morgan fingerprint density at radius 3 is 2.23 bits per heavy atom. The number of carbonyl (C=O) groups excluding carboxylic acids is 1. The lowest BCUT2D eigenvalue weighted by Crippen LogP contribution is -2.54. The number of halogens is 1. The summed E-state index contributed by atoms with van der Waals surface area (Å²) < 4.78 is 38.1. The number of rotatable bonds is 4. The Bertz CT molecular complexity index is 1090. The molecule has 1 saturated carbocycles. The van der Waals surface area contributed by atoms with Gasteiger partial charge in [0.1, 0.15) is 5.82 Å². The number of benzene rings is 2. The number of amides is 2. The minimum atomic E-state index is -3.52. The zero-order valence-electron chi connectivity index (χ0n) is 18.1. The van der Waals surface area contributed by atoms with E-state index < -0.39 is 21.2 Å². The van der Waals surface area contributed by atoms with Crippen molar-refractivity contribution in [2.45, 2.75) is 41.7 Å². The fourth-order valence-corrected chi connectivity index (χ4v) is 5.64.